The molecule has 0 heterocycles. The third-order valence-electron chi connectivity index (χ3n) is 3.41. The smallest absolute Gasteiger partial charge is 0.0819 e. The van der Waals surface area contributed by atoms with Crippen LogP contribution >= 0.6 is 0 Å². The van der Waals surface area contributed by atoms with Crippen molar-refractivity contribution >= 4 is 13.3 Å². The highest BCUT2D eigenvalue weighted by molar-refractivity contribution is 6.34. The van der Waals surface area contributed by atoms with Crippen molar-refractivity contribution in [2.45, 2.75) is 59.3 Å². The second-order valence-electron chi connectivity index (χ2n) is 5.75. The average Bonchev–Trinajstić information content (AvgIpc) is 2.15. The number of hydrogen-bond acceptors (Lipinski definition) is 0. The summed E-state index contributed by atoms with van der Waals surface area (Å²) in [4.78, 5) is 0. The molecule has 0 atom stereocenters. The van der Waals surface area contributed by atoms with E-state index in [1.807, 2.05) is 0 Å². The fourth-order valence-corrected chi connectivity index (χ4v) is 2.66. The van der Waals surface area contributed by atoms with Crippen molar-refractivity contribution < 1.29 is 0 Å². The molecule has 16 heavy (non-hydrogen) atoms. The maximum Gasteiger partial charge on any atom is 0.140 e. The van der Waals surface area contributed by atoms with Crippen molar-refractivity contribution in [3.8, 4) is 0 Å². The van der Waals surface area contributed by atoms with Crippen LogP contribution in [-0.4, -0.2) is 7.85 Å². The van der Waals surface area contributed by atoms with Crippen LogP contribution < -0.4 is 5.46 Å². The molecule has 0 fully saturated rings. The third-order valence-corrected chi connectivity index (χ3v) is 3.41. The molecule has 1 aromatic carbocycles. The SMILES string of the molecule is Bc1c(C(C)C)ccc(C(C)C)c1C(C)C. The summed E-state index contributed by atoms with van der Waals surface area (Å²) in [6.45, 7) is 13.7. The molecule has 0 aromatic heterocycles. The van der Waals surface area contributed by atoms with Crippen molar-refractivity contribution in [2.24, 2.45) is 0 Å². The first-order valence-corrected chi connectivity index (χ1v) is 6.49. The van der Waals surface area contributed by atoms with Gasteiger partial charge in [0, 0.05) is 0 Å². The molecular weight excluding hydrogens is 191 g/mol. The molecule has 0 bridgehead atoms. The second-order valence-corrected chi connectivity index (χ2v) is 5.75. The molecule has 0 amide bonds. The summed E-state index contributed by atoms with van der Waals surface area (Å²) < 4.78 is 0. The van der Waals surface area contributed by atoms with Crippen LogP contribution in [0.4, 0.5) is 0 Å². The highest BCUT2D eigenvalue weighted by atomic mass is 14.2. The van der Waals surface area contributed by atoms with Crippen LogP contribution in [0.25, 0.3) is 0 Å². The van der Waals surface area contributed by atoms with E-state index in [4.69, 9.17) is 0 Å². The standard InChI is InChI=1S/C15H25B/c1-9(2)12-7-8-13(10(3)4)15(16)14(12)11(5)6/h7-11H,16H2,1-6H3. The summed E-state index contributed by atoms with van der Waals surface area (Å²) >= 11 is 0. The van der Waals surface area contributed by atoms with Crippen LogP contribution in [0.3, 0.4) is 0 Å². The third kappa shape index (κ3) is 2.51. The molecule has 88 valence electrons. The van der Waals surface area contributed by atoms with Crippen LogP contribution in [0.1, 0.15) is 76.0 Å². The van der Waals surface area contributed by atoms with Gasteiger partial charge in [-0.3, -0.25) is 0 Å². The average molecular weight is 216 g/mol. The van der Waals surface area contributed by atoms with Gasteiger partial charge in [-0.05, 0) is 28.9 Å². The quantitative estimate of drug-likeness (QED) is 0.680. The Bertz CT molecular complexity index is 362. The van der Waals surface area contributed by atoms with Crippen molar-refractivity contribution in [3.63, 3.8) is 0 Å². The largest absolute Gasteiger partial charge is 0.140 e. The Kier molecular flexibility index (Phi) is 4.24. The molecule has 0 unspecified atom stereocenters. The van der Waals surface area contributed by atoms with Gasteiger partial charge in [-0.2, -0.15) is 0 Å². The zero-order valence-electron chi connectivity index (χ0n) is 11.9. The highest BCUT2D eigenvalue weighted by Crippen LogP contribution is 2.27. The first kappa shape index (κ1) is 13.4. The van der Waals surface area contributed by atoms with Crippen molar-refractivity contribution in [1.29, 1.82) is 0 Å². The monoisotopic (exact) mass is 216 g/mol. The lowest BCUT2D eigenvalue weighted by molar-refractivity contribution is 0.786. The Labute approximate surface area is 102 Å². The molecule has 0 N–H and O–H groups in total. The van der Waals surface area contributed by atoms with E-state index in [0.717, 1.165) is 0 Å². The van der Waals surface area contributed by atoms with E-state index in [-0.39, 0.29) is 0 Å². The number of benzene rings is 1. The van der Waals surface area contributed by atoms with E-state index in [2.05, 4.69) is 61.5 Å². The van der Waals surface area contributed by atoms with Gasteiger partial charge < -0.3 is 0 Å². The molecule has 1 rings (SSSR count). The van der Waals surface area contributed by atoms with Gasteiger partial charge >= 0.3 is 0 Å². The molecule has 0 nitrogen and oxygen atoms in total. The fraction of sp³-hybridized carbons (Fsp3) is 0.600. The van der Waals surface area contributed by atoms with Gasteiger partial charge in [-0.15, -0.1) is 0 Å². The predicted molar refractivity (Wildman–Crippen MR) is 76.9 cm³/mol. The minimum absolute atomic E-state index is 0.621. The van der Waals surface area contributed by atoms with Crippen molar-refractivity contribution in [1.82, 2.24) is 0 Å². The van der Waals surface area contributed by atoms with Crippen LogP contribution in [-0.2, 0) is 0 Å². The lowest BCUT2D eigenvalue weighted by Gasteiger charge is -2.23. The van der Waals surface area contributed by atoms with Gasteiger partial charge in [-0.25, -0.2) is 0 Å². The van der Waals surface area contributed by atoms with Crippen molar-refractivity contribution in [2.75, 3.05) is 0 Å². The van der Waals surface area contributed by atoms with Crippen LogP contribution in [0.2, 0.25) is 0 Å². The Morgan fingerprint density at radius 2 is 1.19 bits per heavy atom. The van der Waals surface area contributed by atoms with Gasteiger partial charge in [0.25, 0.3) is 0 Å². The lowest BCUT2D eigenvalue weighted by atomic mass is 9.75. The summed E-state index contributed by atoms with van der Waals surface area (Å²) in [5.74, 6) is 1.87. The molecule has 1 heteroatoms. The molecular formula is C15H25B. The molecule has 1 aromatic rings. The van der Waals surface area contributed by atoms with Crippen LogP contribution in [0.15, 0.2) is 12.1 Å². The molecule has 0 saturated carbocycles. The van der Waals surface area contributed by atoms with Crippen molar-refractivity contribution in [3.05, 3.63) is 28.8 Å². The van der Waals surface area contributed by atoms with Crippen LogP contribution in [0.5, 0.6) is 0 Å². The number of rotatable bonds is 3. The van der Waals surface area contributed by atoms with E-state index >= 15 is 0 Å². The fourth-order valence-electron chi connectivity index (χ4n) is 2.66. The van der Waals surface area contributed by atoms with E-state index in [1.54, 1.807) is 5.56 Å². The Morgan fingerprint density at radius 3 is 1.56 bits per heavy atom. The van der Waals surface area contributed by atoms with E-state index < -0.39 is 0 Å². The first-order chi connectivity index (χ1) is 7.36. The van der Waals surface area contributed by atoms with Gasteiger partial charge in [-0.1, -0.05) is 64.7 Å². The zero-order valence-corrected chi connectivity index (χ0v) is 11.9. The Morgan fingerprint density at radius 1 is 0.750 bits per heavy atom. The molecule has 0 saturated heterocycles. The van der Waals surface area contributed by atoms with E-state index in [1.165, 1.54) is 16.6 Å². The summed E-state index contributed by atoms with van der Waals surface area (Å²) in [6.07, 6.45) is 0. The van der Waals surface area contributed by atoms with E-state index in [9.17, 15) is 0 Å². The Hall–Kier alpha value is -0.715. The normalized spacial score (nSPS) is 11.8. The highest BCUT2D eigenvalue weighted by Gasteiger charge is 2.15. The molecule has 0 aliphatic rings. The van der Waals surface area contributed by atoms with Gasteiger partial charge in [0.15, 0.2) is 0 Å². The minimum Gasteiger partial charge on any atom is -0.0819 e. The minimum atomic E-state index is 0.621. The predicted octanol–water partition coefficient (Wildman–Crippen LogP) is 3.32. The maximum absolute atomic E-state index is 2.34. The van der Waals surface area contributed by atoms with Gasteiger partial charge in [0.2, 0.25) is 0 Å². The number of hydrogen-bond donors (Lipinski definition) is 0. The first-order valence-electron chi connectivity index (χ1n) is 6.49. The summed E-state index contributed by atoms with van der Waals surface area (Å²) in [6, 6.07) is 4.66. The lowest BCUT2D eigenvalue weighted by Crippen LogP contribution is -2.21. The van der Waals surface area contributed by atoms with Gasteiger partial charge in [0.05, 0.1) is 0 Å². The summed E-state index contributed by atoms with van der Waals surface area (Å²) in [5, 5.41) is 0. The molecule has 0 aliphatic carbocycles. The van der Waals surface area contributed by atoms with Crippen LogP contribution in [0, 0.1) is 0 Å². The molecule has 0 spiro atoms. The summed E-state index contributed by atoms with van der Waals surface area (Å²) in [5.41, 5.74) is 6.11. The summed E-state index contributed by atoms with van der Waals surface area (Å²) in [7, 11) is 2.29. The molecule has 0 radical (unpaired) electrons. The van der Waals surface area contributed by atoms with Gasteiger partial charge in [0.1, 0.15) is 7.85 Å². The second kappa shape index (κ2) is 5.08. The topological polar surface area (TPSA) is 0 Å². The molecule has 0 aliphatic heterocycles. The maximum atomic E-state index is 2.34. The van der Waals surface area contributed by atoms with E-state index in [0.29, 0.717) is 17.8 Å². The zero-order chi connectivity index (χ0) is 12.5. The Balaban J connectivity index is 3.42.